The lowest BCUT2D eigenvalue weighted by Gasteiger charge is -2.23. The van der Waals surface area contributed by atoms with E-state index in [-0.39, 0.29) is 0 Å². The summed E-state index contributed by atoms with van der Waals surface area (Å²) in [5, 5.41) is 5.55. The van der Waals surface area contributed by atoms with E-state index in [2.05, 4.69) is 42.6 Å². The van der Waals surface area contributed by atoms with Gasteiger partial charge in [-0.15, -0.1) is 0 Å². The highest BCUT2D eigenvalue weighted by Crippen LogP contribution is 1.93. The Bertz CT molecular complexity index is 165. The number of hydrogen-bond donors (Lipinski definition) is 0. The minimum absolute atomic E-state index is 0.560. The Kier molecular flexibility index (Phi) is 6.14. The van der Waals surface area contributed by atoms with Crippen LogP contribution in [0.25, 0.3) is 0 Å². The fourth-order valence-corrected chi connectivity index (χ4v) is 0.817. The Labute approximate surface area is 80.9 Å². The average molecular weight is 184 g/mol. The topological polar surface area (TPSA) is 31.2 Å². The molecule has 0 atom stereocenters. The van der Waals surface area contributed by atoms with Crippen LogP contribution in [-0.2, 0) is 0 Å². The van der Waals surface area contributed by atoms with E-state index in [4.69, 9.17) is 0 Å². The van der Waals surface area contributed by atoms with Crippen molar-refractivity contribution >= 4 is 13.1 Å². The number of hydrazone groups is 1. The maximum atomic E-state index is 3.88. The predicted octanol–water partition coefficient (Wildman–Crippen LogP) is 0.902. The second-order valence-electron chi connectivity index (χ2n) is 3.25. The normalized spacial score (nSPS) is 11.5. The Morgan fingerprint density at radius 3 is 2.38 bits per heavy atom. The van der Waals surface area contributed by atoms with Crippen molar-refractivity contribution in [2.24, 2.45) is 10.1 Å². The maximum absolute atomic E-state index is 3.88. The summed E-state index contributed by atoms with van der Waals surface area (Å²) in [6.07, 6.45) is 1.68. The molecule has 0 saturated carbocycles. The van der Waals surface area contributed by atoms with Crippen LogP contribution in [0.2, 0.25) is 0 Å². The summed E-state index contributed by atoms with van der Waals surface area (Å²) in [4.78, 5) is 6.13. The van der Waals surface area contributed by atoms with Gasteiger partial charge < -0.3 is 4.90 Å². The maximum Gasteiger partial charge on any atom is 0.106 e. The molecule has 0 aromatic heterocycles. The first-order valence-electron chi connectivity index (χ1n) is 4.47. The van der Waals surface area contributed by atoms with Crippen molar-refractivity contribution in [2.75, 3.05) is 27.2 Å². The second kappa shape index (κ2) is 6.60. The molecule has 0 saturated heterocycles. The fraction of sp³-hybridized carbons (Fsp3) is 0.778. The third-order valence-corrected chi connectivity index (χ3v) is 1.99. The van der Waals surface area contributed by atoms with Gasteiger partial charge in [0.25, 0.3) is 0 Å². The molecule has 0 rings (SSSR count). The summed E-state index contributed by atoms with van der Waals surface area (Å²) in [7, 11) is 3.82. The fourth-order valence-electron chi connectivity index (χ4n) is 0.817. The minimum Gasteiger partial charge on any atom is -0.302 e. The molecule has 13 heavy (non-hydrogen) atoms. The molecular formula is C9H20N4. The Hall–Kier alpha value is -0.900. The van der Waals surface area contributed by atoms with Gasteiger partial charge in [-0.3, -0.25) is 10.0 Å². The molecule has 0 fully saturated rings. The summed E-state index contributed by atoms with van der Waals surface area (Å²) in [5.41, 5.74) is 0. The molecule has 0 bridgehead atoms. The van der Waals surface area contributed by atoms with Crippen LogP contribution in [0.3, 0.4) is 0 Å². The van der Waals surface area contributed by atoms with Crippen molar-refractivity contribution in [1.82, 2.24) is 9.91 Å². The van der Waals surface area contributed by atoms with Crippen molar-refractivity contribution < 1.29 is 0 Å². The third-order valence-electron chi connectivity index (χ3n) is 1.99. The first kappa shape index (κ1) is 12.1. The summed E-state index contributed by atoms with van der Waals surface area (Å²) in [5.74, 6) is 0. The molecule has 0 aromatic rings. The lowest BCUT2D eigenvalue weighted by Crippen LogP contribution is -2.33. The summed E-state index contributed by atoms with van der Waals surface area (Å²) in [6.45, 7) is 9.59. The van der Waals surface area contributed by atoms with Gasteiger partial charge in [0.05, 0.1) is 6.54 Å². The van der Waals surface area contributed by atoms with Crippen LogP contribution >= 0.6 is 0 Å². The van der Waals surface area contributed by atoms with Gasteiger partial charge in [0.1, 0.15) is 6.34 Å². The first-order valence-corrected chi connectivity index (χ1v) is 4.47. The van der Waals surface area contributed by atoms with Gasteiger partial charge in [-0.25, -0.2) is 0 Å². The van der Waals surface area contributed by atoms with Gasteiger partial charge in [0.2, 0.25) is 0 Å². The Morgan fingerprint density at radius 1 is 1.38 bits per heavy atom. The van der Waals surface area contributed by atoms with Gasteiger partial charge in [0.15, 0.2) is 0 Å². The third kappa shape index (κ3) is 5.36. The molecule has 0 radical (unpaired) electrons. The van der Waals surface area contributed by atoms with Crippen LogP contribution in [0.15, 0.2) is 10.1 Å². The number of aliphatic imine (C=N–C) groups is 1. The first-order chi connectivity index (χ1) is 6.11. The molecule has 0 aromatic carbocycles. The molecule has 76 valence electrons. The van der Waals surface area contributed by atoms with E-state index in [0.29, 0.717) is 6.04 Å². The number of nitrogens with zero attached hydrogens (tertiary/aromatic N) is 4. The Balaban J connectivity index is 3.78. The summed E-state index contributed by atoms with van der Waals surface area (Å²) in [6, 6.07) is 0.560. The highest BCUT2D eigenvalue weighted by Gasteiger charge is 2.03. The highest BCUT2D eigenvalue weighted by atomic mass is 15.5. The molecular weight excluding hydrogens is 164 g/mol. The van der Waals surface area contributed by atoms with Crippen molar-refractivity contribution in [2.45, 2.75) is 19.9 Å². The van der Waals surface area contributed by atoms with Crippen LogP contribution < -0.4 is 0 Å². The average Bonchev–Trinajstić information content (AvgIpc) is 2.11. The molecule has 0 amide bonds. The summed E-state index contributed by atoms with van der Waals surface area (Å²) < 4.78 is 0. The molecule has 0 N–H and O–H groups in total. The highest BCUT2D eigenvalue weighted by molar-refractivity contribution is 5.54. The lowest BCUT2D eigenvalue weighted by molar-refractivity contribution is 0.250. The van der Waals surface area contributed by atoms with Crippen LogP contribution in [-0.4, -0.2) is 56.2 Å². The van der Waals surface area contributed by atoms with Gasteiger partial charge in [-0.05, 0) is 20.9 Å². The van der Waals surface area contributed by atoms with Gasteiger partial charge >= 0.3 is 0 Å². The number of hydrogen-bond acceptors (Lipinski definition) is 3. The van der Waals surface area contributed by atoms with Crippen LogP contribution in [0, 0.1) is 0 Å². The zero-order chi connectivity index (χ0) is 10.3. The van der Waals surface area contributed by atoms with E-state index in [1.807, 2.05) is 0 Å². The van der Waals surface area contributed by atoms with E-state index in [9.17, 15) is 0 Å². The number of likely N-dealkylation sites (N-methyl/N-ethyl adjacent to an activating group) is 1. The largest absolute Gasteiger partial charge is 0.302 e. The van der Waals surface area contributed by atoms with Crippen LogP contribution in [0.4, 0.5) is 0 Å². The molecule has 4 heteroatoms. The van der Waals surface area contributed by atoms with Crippen LogP contribution in [0.1, 0.15) is 13.8 Å². The van der Waals surface area contributed by atoms with Crippen molar-refractivity contribution in [3.05, 3.63) is 0 Å². The molecule has 0 spiro atoms. The molecule has 4 nitrogen and oxygen atoms in total. The van der Waals surface area contributed by atoms with Crippen LogP contribution in [0.5, 0.6) is 0 Å². The van der Waals surface area contributed by atoms with Crippen molar-refractivity contribution in [3.63, 3.8) is 0 Å². The standard InChI is InChI=1S/C9H20N4/c1-9(2)12(5)6-7-13(11-4)8-10-3/h8-9H,4,6-7H2,1-3,5H3/b10-8-. The SMILES string of the molecule is C=NN(/C=N\C)CCN(C)C(C)C. The summed E-state index contributed by atoms with van der Waals surface area (Å²) >= 11 is 0. The predicted molar refractivity (Wildman–Crippen MR) is 58.4 cm³/mol. The monoisotopic (exact) mass is 184 g/mol. The zero-order valence-corrected chi connectivity index (χ0v) is 9.06. The van der Waals surface area contributed by atoms with E-state index < -0.39 is 0 Å². The van der Waals surface area contributed by atoms with E-state index >= 15 is 0 Å². The minimum atomic E-state index is 0.560. The molecule has 0 aliphatic carbocycles. The quantitative estimate of drug-likeness (QED) is 0.349. The Morgan fingerprint density at radius 2 is 2.00 bits per heavy atom. The van der Waals surface area contributed by atoms with E-state index in [1.54, 1.807) is 18.4 Å². The molecule has 0 heterocycles. The molecule has 0 unspecified atom stereocenters. The number of rotatable bonds is 6. The van der Waals surface area contributed by atoms with E-state index in [1.165, 1.54) is 0 Å². The van der Waals surface area contributed by atoms with Gasteiger partial charge in [-0.1, -0.05) is 0 Å². The van der Waals surface area contributed by atoms with Gasteiger partial charge in [-0.2, -0.15) is 5.10 Å². The zero-order valence-electron chi connectivity index (χ0n) is 9.06. The lowest BCUT2D eigenvalue weighted by atomic mass is 10.3. The molecule has 0 aliphatic rings. The van der Waals surface area contributed by atoms with Crippen molar-refractivity contribution in [1.29, 1.82) is 0 Å². The van der Waals surface area contributed by atoms with Gasteiger partial charge in [0, 0.05) is 26.4 Å². The second-order valence-corrected chi connectivity index (χ2v) is 3.25. The van der Waals surface area contributed by atoms with E-state index in [0.717, 1.165) is 13.1 Å². The van der Waals surface area contributed by atoms with Crippen molar-refractivity contribution in [3.8, 4) is 0 Å². The smallest absolute Gasteiger partial charge is 0.106 e. The molecule has 0 aliphatic heterocycles.